The molecule has 0 bridgehead atoms. The molecule has 7 atom stereocenters. The van der Waals surface area contributed by atoms with E-state index in [0.717, 1.165) is 12.8 Å². The Labute approximate surface area is 166 Å². The number of ether oxygens (including phenoxy) is 3. The Kier molecular flexibility index (Phi) is 4.30. The number of aliphatic hydroxyl groups excluding tert-OH is 1. The second-order valence-corrected chi connectivity index (χ2v) is 10.1. The van der Waals surface area contributed by atoms with Gasteiger partial charge >= 0.3 is 5.97 Å². The minimum atomic E-state index is -1.09. The van der Waals surface area contributed by atoms with Gasteiger partial charge in [0.25, 0.3) is 0 Å². The lowest BCUT2D eigenvalue weighted by molar-refractivity contribution is -0.263. The van der Waals surface area contributed by atoms with Crippen molar-refractivity contribution in [3.8, 4) is 0 Å². The van der Waals surface area contributed by atoms with E-state index in [-0.39, 0.29) is 23.8 Å². The van der Waals surface area contributed by atoms with Crippen molar-refractivity contribution in [3.63, 3.8) is 0 Å². The Bertz CT molecular complexity index is 729. The first-order chi connectivity index (χ1) is 13.0. The first kappa shape index (κ1) is 19.9. The molecule has 6 heteroatoms. The number of hydrogen-bond acceptors (Lipinski definition) is 6. The third kappa shape index (κ3) is 2.40. The maximum Gasteiger partial charge on any atom is 0.302 e. The number of hydrogen-bond donors (Lipinski definition) is 1. The Hall–Kier alpha value is -1.40. The van der Waals surface area contributed by atoms with Crippen molar-refractivity contribution in [2.75, 3.05) is 6.61 Å². The molecule has 4 rings (SSSR count). The standard InChI is InChI=1S/C22H32O6/c1-13-16(24)17(25)18-19(3,4)15(27-14(2)23)6-7-20(18,5)22(13)9-8-21(28-22)10-11-26-12-21/h10-11,13,15-16,18,24H,6-9,12H2,1-5H3. The molecule has 2 saturated carbocycles. The van der Waals surface area contributed by atoms with Gasteiger partial charge in [-0.15, -0.1) is 0 Å². The third-order valence-electron chi connectivity index (χ3n) is 8.30. The van der Waals surface area contributed by atoms with Gasteiger partial charge in [0, 0.05) is 29.6 Å². The Morgan fingerprint density at radius 3 is 2.57 bits per heavy atom. The molecule has 0 aromatic carbocycles. The summed E-state index contributed by atoms with van der Waals surface area (Å²) in [6, 6.07) is 0. The highest BCUT2D eigenvalue weighted by atomic mass is 16.6. The van der Waals surface area contributed by atoms with Crippen molar-refractivity contribution in [1.29, 1.82) is 0 Å². The van der Waals surface area contributed by atoms with E-state index in [2.05, 4.69) is 6.92 Å². The van der Waals surface area contributed by atoms with Crippen molar-refractivity contribution in [2.45, 2.75) is 83.7 Å². The van der Waals surface area contributed by atoms with E-state index < -0.39 is 34.1 Å². The van der Waals surface area contributed by atoms with Crippen molar-refractivity contribution in [2.24, 2.45) is 22.7 Å². The van der Waals surface area contributed by atoms with Crippen molar-refractivity contribution >= 4 is 11.8 Å². The fraction of sp³-hybridized carbons (Fsp3) is 0.818. The summed E-state index contributed by atoms with van der Waals surface area (Å²) in [5.74, 6) is -1.25. The summed E-state index contributed by atoms with van der Waals surface area (Å²) in [7, 11) is 0. The second-order valence-electron chi connectivity index (χ2n) is 10.1. The minimum absolute atomic E-state index is 0.148. The van der Waals surface area contributed by atoms with Gasteiger partial charge in [-0.25, -0.2) is 0 Å². The molecule has 2 aliphatic carbocycles. The average molecular weight is 392 g/mol. The van der Waals surface area contributed by atoms with Crippen LogP contribution in [-0.2, 0) is 23.8 Å². The van der Waals surface area contributed by atoms with E-state index in [0.29, 0.717) is 19.4 Å². The Balaban J connectivity index is 1.79. The second kappa shape index (κ2) is 6.05. The molecular weight excluding hydrogens is 360 g/mol. The Morgan fingerprint density at radius 2 is 1.96 bits per heavy atom. The van der Waals surface area contributed by atoms with Crippen LogP contribution in [0.15, 0.2) is 12.3 Å². The molecule has 0 aromatic heterocycles. The summed E-state index contributed by atoms with van der Waals surface area (Å²) in [6.07, 6.45) is 5.20. The summed E-state index contributed by atoms with van der Waals surface area (Å²) < 4.78 is 17.9. The van der Waals surface area contributed by atoms with E-state index in [4.69, 9.17) is 14.2 Å². The van der Waals surface area contributed by atoms with E-state index in [9.17, 15) is 14.7 Å². The molecule has 0 aromatic rings. The topological polar surface area (TPSA) is 82.1 Å². The van der Waals surface area contributed by atoms with Gasteiger partial charge in [-0.3, -0.25) is 9.59 Å². The minimum Gasteiger partial charge on any atom is -0.498 e. The van der Waals surface area contributed by atoms with Gasteiger partial charge in [0.1, 0.15) is 24.4 Å². The normalized spacial score (nSPS) is 49.3. The van der Waals surface area contributed by atoms with E-state index in [1.54, 1.807) is 6.26 Å². The Morgan fingerprint density at radius 1 is 1.25 bits per heavy atom. The summed E-state index contributed by atoms with van der Waals surface area (Å²) in [4.78, 5) is 25.0. The fourth-order valence-corrected chi connectivity index (χ4v) is 6.91. The van der Waals surface area contributed by atoms with E-state index >= 15 is 0 Å². The van der Waals surface area contributed by atoms with Crippen LogP contribution >= 0.6 is 0 Å². The summed E-state index contributed by atoms with van der Waals surface area (Å²) in [6.45, 7) is 9.93. The SMILES string of the molecule is CC(=O)OC1CCC2(C)C(C(=O)C(O)C(C)C23CCC2(C=COC2)O3)C1(C)C. The van der Waals surface area contributed by atoms with Gasteiger partial charge in [-0.2, -0.15) is 0 Å². The quantitative estimate of drug-likeness (QED) is 0.691. The fourth-order valence-electron chi connectivity index (χ4n) is 6.91. The number of fused-ring (bicyclic) bond motifs is 2. The zero-order valence-electron chi connectivity index (χ0n) is 17.5. The number of rotatable bonds is 1. The summed E-state index contributed by atoms with van der Waals surface area (Å²) >= 11 is 0. The van der Waals surface area contributed by atoms with Crippen LogP contribution in [0.25, 0.3) is 0 Å². The molecule has 0 amide bonds. The molecule has 7 unspecified atom stereocenters. The van der Waals surface area contributed by atoms with Crippen LogP contribution in [-0.4, -0.2) is 46.9 Å². The van der Waals surface area contributed by atoms with Crippen molar-refractivity contribution in [1.82, 2.24) is 0 Å². The summed E-state index contributed by atoms with van der Waals surface area (Å²) in [5.41, 5.74) is -2.14. The number of carbonyl (C=O) groups is 2. The van der Waals surface area contributed by atoms with Crippen molar-refractivity contribution in [3.05, 3.63) is 12.3 Å². The first-order valence-corrected chi connectivity index (χ1v) is 10.4. The highest BCUT2D eigenvalue weighted by molar-refractivity contribution is 5.89. The lowest BCUT2D eigenvalue weighted by Crippen LogP contribution is -2.71. The predicted molar refractivity (Wildman–Crippen MR) is 101 cm³/mol. The smallest absolute Gasteiger partial charge is 0.302 e. The highest BCUT2D eigenvalue weighted by Gasteiger charge is 2.73. The number of esters is 1. The largest absolute Gasteiger partial charge is 0.498 e. The zero-order valence-corrected chi connectivity index (χ0v) is 17.5. The molecule has 2 spiro atoms. The monoisotopic (exact) mass is 392 g/mol. The van der Waals surface area contributed by atoms with Gasteiger partial charge in [0.15, 0.2) is 5.78 Å². The molecule has 28 heavy (non-hydrogen) atoms. The predicted octanol–water partition coefficient (Wildman–Crippen LogP) is 2.77. The first-order valence-electron chi connectivity index (χ1n) is 10.4. The molecule has 4 aliphatic rings. The third-order valence-corrected chi connectivity index (χ3v) is 8.30. The molecule has 156 valence electrons. The zero-order chi connectivity index (χ0) is 20.5. The number of Topliss-reactive ketones (excluding diaryl/α,β-unsaturated/α-hetero) is 1. The number of ketones is 1. The van der Waals surface area contributed by atoms with Gasteiger partial charge in [0.05, 0.1) is 11.9 Å². The van der Waals surface area contributed by atoms with E-state index in [1.165, 1.54) is 6.92 Å². The maximum absolute atomic E-state index is 13.4. The van der Waals surface area contributed by atoms with Crippen molar-refractivity contribution < 1.29 is 28.9 Å². The van der Waals surface area contributed by atoms with Gasteiger partial charge < -0.3 is 19.3 Å². The van der Waals surface area contributed by atoms with E-state index in [1.807, 2.05) is 26.8 Å². The van der Waals surface area contributed by atoms with Crippen LogP contribution in [0.4, 0.5) is 0 Å². The van der Waals surface area contributed by atoms with Crippen LogP contribution in [0.1, 0.15) is 60.3 Å². The molecule has 1 saturated heterocycles. The molecule has 6 nitrogen and oxygen atoms in total. The van der Waals surface area contributed by atoms with Gasteiger partial charge in [-0.05, 0) is 31.8 Å². The number of carbonyl (C=O) groups excluding carboxylic acids is 2. The van der Waals surface area contributed by atoms with Crippen LogP contribution in [0, 0.1) is 22.7 Å². The molecular formula is C22H32O6. The van der Waals surface area contributed by atoms with Crippen LogP contribution in [0.3, 0.4) is 0 Å². The lowest BCUT2D eigenvalue weighted by atomic mass is 9.43. The maximum atomic E-state index is 13.4. The molecule has 0 radical (unpaired) electrons. The molecule has 3 fully saturated rings. The average Bonchev–Trinajstić information content (AvgIpc) is 3.23. The summed E-state index contributed by atoms with van der Waals surface area (Å²) in [5, 5.41) is 11.0. The highest BCUT2D eigenvalue weighted by Crippen LogP contribution is 2.67. The molecule has 2 heterocycles. The van der Waals surface area contributed by atoms with Crippen LogP contribution in [0.5, 0.6) is 0 Å². The number of aliphatic hydroxyl groups is 1. The van der Waals surface area contributed by atoms with Crippen LogP contribution in [0.2, 0.25) is 0 Å². The van der Waals surface area contributed by atoms with Gasteiger partial charge in [-0.1, -0.05) is 27.7 Å². The van der Waals surface area contributed by atoms with Crippen LogP contribution < -0.4 is 0 Å². The van der Waals surface area contributed by atoms with Gasteiger partial charge in [0.2, 0.25) is 0 Å². The molecule has 1 N–H and O–H groups in total. The molecule has 2 aliphatic heterocycles. The lowest BCUT2D eigenvalue weighted by Gasteiger charge is -2.64.